The van der Waals surface area contributed by atoms with Gasteiger partial charge in [-0.15, -0.1) is 0 Å². The molecule has 1 aliphatic rings. The van der Waals surface area contributed by atoms with E-state index in [2.05, 4.69) is 10.0 Å². The zero-order valence-corrected chi connectivity index (χ0v) is 6.64. The summed E-state index contributed by atoms with van der Waals surface area (Å²) < 4.78 is 0. The molecule has 1 aromatic rings. The van der Waals surface area contributed by atoms with Crippen molar-refractivity contribution in [3.8, 4) is 0 Å². The summed E-state index contributed by atoms with van der Waals surface area (Å²) in [6, 6.07) is 9.95. The summed E-state index contributed by atoms with van der Waals surface area (Å²) in [7, 11) is 0. The fourth-order valence-electron chi connectivity index (χ4n) is 1.40. The molecule has 1 aliphatic carbocycles. The summed E-state index contributed by atoms with van der Waals surface area (Å²) in [4.78, 5) is 2.87. The van der Waals surface area contributed by atoms with Crippen molar-refractivity contribution in [3.05, 3.63) is 46.3 Å². The Bertz CT molecular complexity index is 321. The SMILES string of the molecule is [N-]=[N+]=NC1(c2ccccc2)CC1. The van der Waals surface area contributed by atoms with Gasteiger partial charge in [-0.05, 0) is 23.9 Å². The number of hydrogen-bond acceptors (Lipinski definition) is 1. The quantitative estimate of drug-likeness (QED) is 0.362. The van der Waals surface area contributed by atoms with Gasteiger partial charge in [-0.25, -0.2) is 0 Å². The highest BCUT2D eigenvalue weighted by Crippen LogP contribution is 2.49. The number of benzene rings is 1. The number of azide groups is 1. The Balaban J connectivity index is 2.37. The third-order valence-corrected chi connectivity index (χ3v) is 2.27. The van der Waals surface area contributed by atoms with Crippen molar-refractivity contribution in [1.29, 1.82) is 0 Å². The summed E-state index contributed by atoms with van der Waals surface area (Å²) >= 11 is 0. The van der Waals surface area contributed by atoms with Crippen LogP contribution in [0.5, 0.6) is 0 Å². The molecule has 1 fully saturated rings. The molecule has 0 atom stereocenters. The van der Waals surface area contributed by atoms with Crippen LogP contribution in [0.4, 0.5) is 0 Å². The van der Waals surface area contributed by atoms with Crippen molar-refractivity contribution in [1.82, 2.24) is 0 Å². The van der Waals surface area contributed by atoms with Crippen molar-refractivity contribution >= 4 is 0 Å². The topological polar surface area (TPSA) is 48.8 Å². The van der Waals surface area contributed by atoms with Crippen LogP contribution in [-0.4, -0.2) is 0 Å². The second kappa shape index (κ2) is 2.54. The lowest BCUT2D eigenvalue weighted by Crippen LogP contribution is -1.99. The van der Waals surface area contributed by atoms with Gasteiger partial charge >= 0.3 is 0 Å². The predicted molar refractivity (Wildman–Crippen MR) is 46.5 cm³/mol. The first-order valence-corrected chi connectivity index (χ1v) is 3.99. The Labute approximate surface area is 70.7 Å². The summed E-state index contributed by atoms with van der Waals surface area (Å²) in [6.45, 7) is 0. The molecule has 0 aromatic heterocycles. The fourth-order valence-corrected chi connectivity index (χ4v) is 1.40. The van der Waals surface area contributed by atoms with Gasteiger partial charge in [0.05, 0.1) is 5.54 Å². The van der Waals surface area contributed by atoms with E-state index in [9.17, 15) is 0 Å². The van der Waals surface area contributed by atoms with E-state index in [-0.39, 0.29) is 5.54 Å². The molecule has 0 unspecified atom stereocenters. The van der Waals surface area contributed by atoms with E-state index in [0.717, 1.165) is 18.4 Å². The zero-order chi connectivity index (χ0) is 8.44. The van der Waals surface area contributed by atoms with E-state index in [4.69, 9.17) is 5.53 Å². The number of rotatable bonds is 2. The van der Waals surface area contributed by atoms with E-state index in [1.807, 2.05) is 30.3 Å². The van der Waals surface area contributed by atoms with E-state index in [0.29, 0.717) is 0 Å². The monoisotopic (exact) mass is 159 g/mol. The van der Waals surface area contributed by atoms with E-state index in [1.165, 1.54) is 0 Å². The molecular formula is C9H9N3. The minimum Gasteiger partial charge on any atom is -0.0826 e. The average molecular weight is 159 g/mol. The van der Waals surface area contributed by atoms with Crippen molar-refractivity contribution in [2.75, 3.05) is 0 Å². The maximum absolute atomic E-state index is 8.36. The Hall–Kier alpha value is -1.47. The van der Waals surface area contributed by atoms with Gasteiger partial charge in [0.2, 0.25) is 0 Å². The maximum atomic E-state index is 8.36. The van der Waals surface area contributed by atoms with E-state index < -0.39 is 0 Å². The van der Waals surface area contributed by atoms with Crippen molar-refractivity contribution in [3.63, 3.8) is 0 Å². The molecule has 0 radical (unpaired) electrons. The van der Waals surface area contributed by atoms with E-state index in [1.54, 1.807) is 0 Å². The van der Waals surface area contributed by atoms with E-state index >= 15 is 0 Å². The van der Waals surface area contributed by atoms with Crippen LogP contribution in [0.25, 0.3) is 10.4 Å². The highest BCUT2D eigenvalue weighted by atomic mass is 15.2. The molecule has 0 saturated heterocycles. The van der Waals surface area contributed by atoms with Crippen LogP contribution in [0.3, 0.4) is 0 Å². The molecule has 0 spiro atoms. The highest BCUT2D eigenvalue weighted by Gasteiger charge is 2.43. The van der Waals surface area contributed by atoms with Crippen molar-refractivity contribution < 1.29 is 0 Å². The lowest BCUT2D eigenvalue weighted by molar-refractivity contribution is 0.731. The van der Waals surface area contributed by atoms with Gasteiger partial charge in [0.1, 0.15) is 0 Å². The van der Waals surface area contributed by atoms with Gasteiger partial charge in [-0.3, -0.25) is 0 Å². The first kappa shape index (κ1) is 7.19. The molecular weight excluding hydrogens is 150 g/mol. The van der Waals surface area contributed by atoms with Crippen LogP contribution in [0, 0.1) is 0 Å². The third kappa shape index (κ3) is 1.04. The van der Waals surface area contributed by atoms with Gasteiger partial charge in [0.25, 0.3) is 0 Å². The Morgan fingerprint density at radius 2 is 1.92 bits per heavy atom. The molecule has 1 aromatic carbocycles. The summed E-state index contributed by atoms with van der Waals surface area (Å²) in [6.07, 6.45) is 1.97. The average Bonchev–Trinajstić information content (AvgIpc) is 2.88. The smallest absolute Gasteiger partial charge is 0.0738 e. The van der Waals surface area contributed by atoms with Crippen LogP contribution in [-0.2, 0) is 5.54 Å². The Morgan fingerprint density at radius 3 is 2.42 bits per heavy atom. The predicted octanol–water partition coefficient (Wildman–Crippen LogP) is 2.99. The molecule has 0 N–H and O–H groups in total. The summed E-state index contributed by atoms with van der Waals surface area (Å²) in [5.41, 5.74) is 9.30. The lowest BCUT2D eigenvalue weighted by atomic mass is 10.1. The molecule has 0 amide bonds. The van der Waals surface area contributed by atoms with Crippen LogP contribution < -0.4 is 0 Å². The molecule has 12 heavy (non-hydrogen) atoms. The molecule has 1 saturated carbocycles. The fraction of sp³-hybridized carbons (Fsp3) is 0.333. The normalized spacial score (nSPS) is 18.0. The second-order valence-electron chi connectivity index (χ2n) is 3.09. The first-order valence-electron chi connectivity index (χ1n) is 3.99. The molecule has 60 valence electrons. The minimum atomic E-state index is -0.198. The molecule has 0 heterocycles. The molecule has 0 bridgehead atoms. The highest BCUT2D eigenvalue weighted by molar-refractivity contribution is 5.29. The zero-order valence-electron chi connectivity index (χ0n) is 6.64. The minimum absolute atomic E-state index is 0.198. The van der Waals surface area contributed by atoms with Gasteiger partial charge in [0.15, 0.2) is 0 Å². The van der Waals surface area contributed by atoms with Crippen LogP contribution in [0.15, 0.2) is 35.4 Å². The van der Waals surface area contributed by atoms with Gasteiger partial charge in [-0.1, -0.05) is 35.4 Å². The van der Waals surface area contributed by atoms with Gasteiger partial charge in [-0.2, -0.15) is 0 Å². The largest absolute Gasteiger partial charge is 0.0826 e. The molecule has 3 nitrogen and oxygen atoms in total. The third-order valence-electron chi connectivity index (χ3n) is 2.27. The summed E-state index contributed by atoms with van der Waals surface area (Å²) in [5.74, 6) is 0. The van der Waals surface area contributed by atoms with Crippen LogP contribution >= 0.6 is 0 Å². The maximum Gasteiger partial charge on any atom is 0.0738 e. The first-order chi connectivity index (χ1) is 5.87. The Kier molecular flexibility index (Phi) is 1.52. The standard InChI is InChI=1S/C9H9N3/c10-12-11-9(6-7-9)8-4-2-1-3-5-8/h1-5H,6-7H2. The molecule has 2 rings (SSSR count). The van der Waals surface area contributed by atoms with Crippen molar-refractivity contribution in [2.24, 2.45) is 5.11 Å². The number of hydrogen-bond donors (Lipinski definition) is 0. The second-order valence-corrected chi connectivity index (χ2v) is 3.09. The lowest BCUT2D eigenvalue weighted by Gasteiger charge is -2.06. The van der Waals surface area contributed by atoms with Crippen LogP contribution in [0.2, 0.25) is 0 Å². The number of nitrogens with zero attached hydrogens (tertiary/aromatic N) is 3. The van der Waals surface area contributed by atoms with Crippen molar-refractivity contribution in [2.45, 2.75) is 18.4 Å². The molecule has 3 heteroatoms. The molecule has 0 aliphatic heterocycles. The van der Waals surface area contributed by atoms with Gasteiger partial charge in [0, 0.05) is 4.91 Å². The van der Waals surface area contributed by atoms with Gasteiger partial charge < -0.3 is 0 Å². The Morgan fingerprint density at radius 1 is 1.25 bits per heavy atom. The summed E-state index contributed by atoms with van der Waals surface area (Å²) in [5, 5.41) is 3.82. The van der Waals surface area contributed by atoms with Crippen LogP contribution in [0.1, 0.15) is 18.4 Å².